The molecule has 14 heavy (non-hydrogen) atoms. The Balaban J connectivity index is 2.81. The fourth-order valence-electron chi connectivity index (χ4n) is 1.33. The maximum atomic E-state index is 9.10. The maximum Gasteiger partial charge on any atom is 0.489 e. The summed E-state index contributed by atoms with van der Waals surface area (Å²) < 4.78 is 1.21. The highest BCUT2D eigenvalue weighted by Crippen LogP contribution is 2.36. The number of nitrogen functional groups attached to an aromatic ring is 1. The van der Waals surface area contributed by atoms with Gasteiger partial charge in [-0.2, -0.15) is 0 Å². The first-order valence-electron chi connectivity index (χ1n) is 3.93. The quantitative estimate of drug-likeness (QED) is 0.632. The predicted octanol–water partition coefficient (Wildman–Crippen LogP) is 0.817. The van der Waals surface area contributed by atoms with Crippen LogP contribution in [0, 0.1) is 0 Å². The zero-order valence-electron chi connectivity index (χ0n) is 7.07. The van der Waals surface area contributed by atoms with Gasteiger partial charge in [0.1, 0.15) is 4.34 Å². The number of rotatable bonds is 1. The Bertz CT molecular complexity index is 485. The van der Waals surface area contributed by atoms with Gasteiger partial charge in [0.2, 0.25) is 0 Å². The molecule has 0 aliphatic rings. The van der Waals surface area contributed by atoms with Crippen molar-refractivity contribution in [3.63, 3.8) is 0 Å². The summed E-state index contributed by atoms with van der Waals surface area (Å²) in [6, 6.07) is 5.16. The predicted molar refractivity (Wildman–Crippen MR) is 61.1 cm³/mol. The van der Waals surface area contributed by atoms with Gasteiger partial charge in [0.05, 0.1) is 5.69 Å². The molecule has 0 fully saturated rings. The van der Waals surface area contributed by atoms with Gasteiger partial charge in [-0.05, 0) is 0 Å². The molecule has 0 amide bonds. The third-order valence-corrected chi connectivity index (χ3v) is 3.51. The average Bonchev–Trinajstić information content (AvgIpc) is 2.43. The van der Waals surface area contributed by atoms with Crippen molar-refractivity contribution in [2.75, 3.05) is 5.73 Å². The van der Waals surface area contributed by atoms with Gasteiger partial charge in [0.15, 0.2) is 0 Å². The Morgan fingerprint density at radius 1 is 1.36 bits per heavy atom. The second-order valence-electron chi connectivity index (χ2n) is 2.89. The lowest BCUT2D eigenvalue weighted by Gasteiger charge is -2.00. The topological polar surface area (TPSA) is 66.5 Å². The summed E-state index contributed by atoms with van der Waals surface area (Å²) in [4.78, 5) is 0. The number of benzene rings is 1. The number of hydrogen-bond donors (Lipinski definition) is 3. The van der Waals surface area contributed by atoms with E-state index in [-0.39, 0.29) is 0 Å². The molecule has 0 spiro atoms. The molecule has 3 nitrogen and oxygen atoms in total. The first-order chi connectivity index (χ1) is 6.61. The van der Waals surface area contributed by atoms with Gasteiger partial charge in [0.25, 0.3) is 0 Å². The zero-order chi connectivity index (χ0) is 10.3. The van der Waals surface area contributed by atoms with E-state index in [1.54, 1.807) is 18.2 Å². The minimum Gasteiger partial charge on any atom is -0.423 e. The van der Waals surface area contributed by atoms with E-state index in [2.05, 4.69) is 0 Å². The first-order valence-corrected chi connectivity index (χ1v) is 5.13. The van der Waals surface area contributed by atoms with Gasteiger partial charge in [0, 0.05) is 15.5 Å². The van der Waals surface area contributed by atoms with Crippen LogP contribution in [0.25, 0.3) is 10.1 Å². The summed E-state index contributed by atoms with van der Waals surface area (Å²) in [5.74, 6) is 0. The SMILES string of the molecule is Nc1c(Cl)sc2c(B(O)O)cccc12. The van der Waals surface area contributed by atoms with Crippen LogP contribution in [0.15, 0.2) is 18.2 Å². The van der Waals surface area contributed by atoms with Gasteiger partial charge < -0.3 is 15.8 Å². The third kappa shape index (κ3) is 1.38. The minimum absolute atomic E-state index is 0.436. The molecule has 4 N–H and O–H groups in total. The number of anilines is 1. The van der Waals surface area contributed by atoms with Crippen LogP contribution in [0.2, 0.25) is 4.34 Å². The molecule has 0 atom stereocenters. The lowest BCUT2D eigenvalue weighted by atomic mass is 9.80. The first kappa shape index (κ1) is 9.80. The summed E-state index contributed by atoms with van der Waals surface area (Å²) in [7, 11) is -1.49. The fourth-order valence-corrected chi connectivity index (χ4v) is 2.65. The molecule has 0 saturated heterocycles. The van der Waals surface area contributed by atoms with Crippen LogP contribution in [-0.2, 0) is 0 Å². The summed E-state index contributed by atoms with van der Waals surface area (Å²) in [6.07, 6.45) is 0. The van der Waals surface area contributed by atoms with Gasteiger partial charge in [-0.3, -0.25) is 0 Å². The number of fused-ring (bicyclic) bond motifs is 1. The van der Waals surface area contributed by atoms with Gasteiger partial charge in [-0.15, -0.1) is 11.3 Å². The molecule has 0 aliphatic heterocycles. The minimum atomic E-state index is -1.49. The van der Waals surface area contributed by atoms with Crippen molar-refractivity contribution in [1.82, 2.24) is 0 Å². The molecule has 1 aromatic heterocycles. The van der Waals surface area contributed by atoms with Crippen LogP contribution in [0.3, 0.4) is 0 Å². The van der Waals surface area contributed by atoms with E-state index >= 15 is 0 Å². The lowest BCUT2D eigenvalue weighted by Crippen LogP contribution is -2.29. The Labute approximate surface area is 89.9 Å². The molecular formula is C8H7BClNO2S. The number of nitrogens with two attached hydrogens (primary N) is 1. The van der Waals surface area contributed by atoms with Crippen molar-refractivity contribution >= 4 is 51.3 Å². The Hall–Kier alpha value is -0.745. The molecule has 0 aliphatic carbocycles. The van der Waals surface area contributed by atoms with Gasteiger partial charge >= 0.3 is 7.12 Å². The second kappa shape index (κ2) is 3.44. The van der Waals surface area contributed by atoms with Crippen LogP contribution >= 0.6 is 22.9 Å². The Kier molecular flexibility index (Phi) is 2.40. The molecule has 1 heterocycles. The van der Waals surface area contributed by atoms with Crippen molar-refractivity contribution in [3.05, 3.63) is 22.5 Å². The van der Waals surface area contributed by atoms with Gasteiger partial charge in [-0.1, -0.05) is 29.8 Å². The monoisotopic (exact) mass is 227 g/mol. The summed E-state index contributed by atoms with van der Waals surface area (Å²) in [5, 5.41) is 19.0. The van der Waals surface area contributed by atoms with Crippen molar-refractivity contribution in [2.24, 2.45) is 0 Å². The molecule has 0 radical (unpaired) electrons. The van der Waals surface area contributed by atoms with Crippen LogP contribution < -0.4 is 11.2 Å². The van der Waals surface area contributed by atoms with Crippen LogP contribution in [0.1, 0.15) is 0 Å². The van der Waals surface area contributed by atoms with E-state index in [0.717, 1.165) is 10.1 Å². The third-order valence-electron chi connectivity index (χ3n) is 2.02. The number of hydrogen-bond acceptors (Lipinski definition) is 4. The standard InChI is InChI=1S/C8H7BClNO2S/c10-8-6(11)4-2-1-3-5(9(12)13)7(4)14-8/h1-3,12-13H,11H2. The van der Waals surface area contributed by atoms with Crippen LogP contribution in [-0.4, -0.2) is 17.2 Å². The highest BCUT2D eigenvalue weighted by Gasteiger charge is 2.18. The van der Waals surface area contributed by atoms with E-state index in [0.29, 0.717) is 15.5 Å². The van der Waals surface area contributed by atoms with E-state index in [1.807, 2.05) is 0 Å². The van der Waals surface area contributed by atoms with Crippen molar-refractivity contribution in [2.45, 2.75) is 0 Å². The average molecular weight is 227 g/mol. The van der Waals surface area contributed by atoms with Crippen LogP contribution in [0.4, 0.5) is 5.69 Å². The molecule has 0 unspecified atom stereocenters. The van der Waals surface area contributed by atoms with Crippen molar-refractivity contribution in [1.29, 1.82) is 0 Å². The summed E-state index contributed by atoms with van der Waals surface area (Å²) in [5.41, 5.74) is 6.65. The number of thiophene rings is 1. The second-order valence-corrected chi connectivity index (χ2v) is 4.51. The van der Waals surface area contributed by atoms with Crippen molar-refractivity contribution < 1.29 is 10.0 Å². The molecular weight excluding hydrogens is 220 g/mol. The molecule has 0 saturated carbocycles. The normalized spacial score (nSPS) is 10.8. The Morgan fingerprint density at radius 2 is 2.07 bits per heavy atom. The van der Waals surface area contributed by atoms with E-state index < -0.39 is 7.12 Å². The van der Waals surface area contributed by atoms with Gasteiger partial charge in [-0.25, -0.2) is 0 Å². The molecule has 72 valence electrons. The van der Waals surface area contributed by atoms with E-state index in [1.165, 1.54) is 11.3 Å². The molecule has 1 aromatic carbocycles. The fraction of sp³-hybridized carbons (Fsp3) is 0. The van der Waals surface area contributed by atoms with Crippen molar-refractivity contribution in [3.8, 4) is 0 Å². The molecule has 2 rings (SSSR count). The number of halogens is 1. The van der Waals surface area contributed by atoms with E-state index in [4.69, 9.17) is 27.4 Å². The molecule has 2 aromatic rings. The smallest absolute Gasteiger partial charge is 0.423 e. The zero-order valence-corrected chi connectivity index (χ0v) is 8.64. The Morgan fingerprint density at radius 3 is 2.71 bits per heavy atom. The molecule has 6 heteroatoms. The summed E-state index contributed by atoms with van der Waals surface area (Å²) in [6.45, 7) is 0. The summed E-state index contributed by atoms with van der Waals surface area (Å²) >= 11 is 7.11. The lowest BCUT2D eigenvalue weighted by molar-refractivity contribution is 0.426. The van der Waals surface area contributed by atoms with E-state index in [9.17, 15) is 0 Å². The maximum absolute atomic E-state index is 9.10. The highest BCUT2D eigenvalue weighted by atomic mass is 35.5. The highest BCUT2D eigenvalue weighted by molar-refractivity contribution is 7.24. The van der Waals surface area contributed by atoms with Crippen LogP contribution in [0.5, 0.6) is 0 Å². The molecule has 0 bridgehead atoms. The largest absolute Gasteiger partial charge is 0.489 e.